The van der Waals surface area contributed by atoms with Crippen molar-refractivity contribution in [2.45, 2.75) is 16.8 Å². The first-order valence-electron chi connectivity index (χ1n) is 4.20. The van der Waals surface area contributed by atoms with Gasteiger partial charge in [0.05, 0.1) is 0 Å². The van der Waals surface area contributed by atoms with E-state index in [4.69, 9.17) is 0 Å². The van der Waals surface area contributed by atoms with Crippen molar-refractivity contribution in [3.63, 3.8) is 0 Å². The van der Waals surface area contributed by atoms with Gasteiger partial charge in [-0.2, -0.15) is 0 Å². The van der Waals surface area contributed by atoms with Crippen LogP contribution in [-0.4, -0.2) is 27.5 Å². The Morgan fingerprint density at radius 1 is 1.46 bits per heavy atom. The van der Waals surface area contributed by atoms with Gasteiger partial charge in [-0.3, -0.25) is 4.79 Å². The lowest BCUT2D eigenvalue weighted by Gasteiger charge is -2.31. The van der Waals surface area contributed by atoms with Crippen LogP contribution in [0.4, 0.5) is 0 Å². The predicted molar refractivity (Wildman–Crippen MR) is 65.6 cm³/mol. The van der Waals surface area contributed by atoms with Gasteiger partial charge >= 0.3 is 0 Å². The highest BCUT2D eigenvalue weighted by molar-refractivity contribution is 8.34. The van der Waals surface area contributed by atoms with Crippen LogP contribution in [-0.2, 0) is 4.79 Å². The average molecular weight is 234 g/mol. The van der Waals surface area contributed by atoms with Gasteiger partial charge in [-0.05, 0) is 42.8 Å². The van der Waals surface area contributed by atoms with E-state index >= 15 is 0 Å². The first kappa shape index (κ1) is 11.5. The Balaban J connectivity index is 2.73. The van der Waals surface area contributed by atoms with Crippen molar-refractivity contribution in [1.82, 2.24) is 0 Å². The number of hydrogen-bond acceptors (Lipinski definition) is 4. The molecule has 1 aliphatic heterocycles. The van der Waals surface area contributed by atoms with Gasteiger partial charge in [0.25, 0.3) is 0 Å². The fraction of sp³-hybridized carbons (Fsp3) is 0.667. The maximum Gasteiger partial charge on any atom is 0.145 e. The van der Waals surface area contributed by atoms with Crippen LogP contribution in [0.3, 0.4) is 0 Å². The van der Waals surface area contributed by atoms with Crippen LogP contribution in [0.2, 0.25) is 0 Å². The second-order valence-corrected chi connectivity index (χ2v) is 7.37. The molecule has 0 aromatic carbocycles. The minimum atomic E-state index is 0.100. The summed E-state index contributed by atoms with van der Waals surface area (Å²) in [4.78, 5) is 10.5. The molecule has 0 aromatic heterocycles. The number of carbonyl (C=O) groups is 1. The summed E-state index contributed by atoms with van der Waals surface area (Å²) in [6.07, 6.45) is 6.43. The van der Waals surface area contributed by atoms with E-state index in [9.17, 15) is 4.79 Å². The summed E-state index contributed by atoms with van der Waals surface area (Å²) in [7, 11) is 0. The van der Waals surface area contributed by atoms with Gasteiger partial charge in [0, 0.05) is 0 Å². The van der Waals surface area contributed by atoms with Crippen LogP contribution >= 0.6 is 35.3 Å². The van der Waals surface area contributed by atoms with Gasteiger partial charge in [-0.25, -0.2) is 0 Å². The molecule has 1 fully saturated rings. The number of allylic oxidation sites excluding steroid dienone is 1. The summed E-state index contributed by atoms with van der Waals surface area (Å²) in [5.74, 6) is 2.41. The summed E-state index contributed by atoms with van der Waals surface area (Å²) in [5.41, 5.74) is 0.844. The lowest BCUT2D eigenvalue weighted by Crippen LogP contribution is -2.18. The molecule has 13 heavy (non-hydrogen) atoms. The monoisotopic (exact) mass is 234 g/mol. The highest BCUT2D eigenvalue weighted by Crippen LogP contribution is 2.50. The van der Waals surface area contributed by atoms with Crippen molar-refractivity contribution in [2.75, 3.05) is 17.8 Å². The highest BCUT2D eigenvalue weighted by atomic mass is 32.3. The van der Waals surface area contributed by atoms with E-state index in [0.29, 0.717) is 0 Å². The predicted octanol–water partition coefficient (Wildman–Crippen LogP) is 3.02. The van der Waals surface area contributed by atoms with E-state index in [1.165, 1.54) is 17.9 Å². The number of aldehydes is 1. The van der Waals surface area contributed by atoms with Gasteiger partial charge in [-0.1, -0.05) is 0 Å². The Bertz CT molecular complexity index is 207. The summed E-state index contributed by atoms with van der Waals surface area (Å²) in [6.45, 7) is 1.88. The minimum Gasteiger partial charge on any atom is -0.298 e. The molecule has 1 heterocycles. The summed E-state index contributed by atoms with van der Waals surface area (Å²) in [5, 5.41) is 0. The molecule has 0 amide bonds. The molecule has 1 rings (SSSR count). The molecule has 0 bridgehead atoms. The van der Waals surface area contributed by atoms with E-state index in [0.717, 1.165) is 11.9 Å². The van der Waals surface area contributed by atoms with E-state index < -0.39 is 0 Å². The third kappa shape index (κ3) is 3.26. The third-order valence-corrected chi connectivity index (χ3v) is 6.90. The minimum absolute atomic E-state index is 0.100. The van der Waals surface area contributed by atoms with Crippen molar-refractivity contribution >= 4 is 41.6 Å². The van der Waals surface area contributed by atoms with Crippen LogP contribution in [0.1, 0.15) is 13.3 Å². The first-order chi connectivity index (χ1) is 6.22. The highest BCUT2D eigenvalue weighted by Gasteiger charge is 2.30. The van der Waals surface area contributed by atoms with Gasteiger partial charge in [0.15, 0.2) is 0 Å². The SMILES string of the molecule is CSC1(/C=C(\C)C=O)SCCCS1. The molecular weight excluding hydrogens is 220 g/mol. The average Bonchev–Trinajstić information content (AvgIpc) is 2.19. The molecule has 1 aliphatic rings. The summed E-state index contributed by atoms with van der Waals surface area (Å²) in [6, 6.07) is 0. The third-order valence-electron chi connectivity index (χ3n) is 1.77. The molecule has 0 aliphatic carbocycles. The van der Waals surface area contributed by atoms with Crippen LogP contribution in [0.5, 0.6) is 0 Å². The Morgan fingerprint density at radius 2 is 2.08 bits per heavy atom. The Labute approximate surface area is 92.5 Å². The molecule has 1 saturated heterocycles. The number of thioether (sulfide) groups is 3. The lowest BCUT2D eigenvalue weighted by atomic mass is 10.3. The molecule has 0 unspecified atom stereocenters. The molecule has 0 radical (unpaired) electrons. The molecular formula is C9H14OS3. The molecule has 0 atom stereocenters. The molecule has 74 valence electrons. The van der Waals surface area contributed by atoms with E-state index in [2.05, 4.69) is 12.3 Å². The largest absolute Gasteiger partial charge is 0.298 e. The lowest BCUT2D eigenvalue weighted by molar-refractivity contribution is -0.104. The normalized spacial score (nSPS) is 22.8. The van der Waals surface area contributed by atoms with Gasteiger partial charge < -0.3 is 0 Å². The van der Waals surface area contributed by atoms with Crippen molar-refractivity contribution in [3.05, 3.63) is 11.6 Å². The molecule has 0 saturated carbocycles. The maximum atomic E-state index is 10.5. The molecule has 0 N–H and O–H groups in total. The summed E-state index contributed by atoms with van der Waals surface area (Å²) >= 11 is 5.72. The van der Waals surface area contributed by atoms with E-state index in [1.54, 1.807) is 0 Å². The fourth-order valence-electron chi connectivity index (χ4n) is 1.10. The van der Waals surface area contributed by atoms with Crippen LogP contribution in [0.25, 0.3) is 0 Å². The standard InChI is InChI=1S/C9H14OS3/c1-8(7-10)6-9(11-2)12-4-3-5-13-9/h6-7H,3-5H2,1-2H3/b8-6+. The van der Waals surface area contributed by atoms with Crippen LogP contribution < -0.4 is 0 Å². The van der Waals surface area contributed by atoms with E-state index in [-0.39, 0.29) is 3.41 Å². The molecule has 0 aromatic rings. The Morgan fingerprint density at radius 3 is 2.54 bits per heavy atom. The fourth-order valence-corrected chi connectivity index (χ4v) is 5.55. The Kier molecular flexibility index (Phi) is 4.76. The molecule has 4 heteroatoms. The summed E-state index contributed by atoms with van der Waals surface area (Å²) < 4.78 is 0.100. The smallest absolute Gasteiger partial charge is 0.145 e. The zero-order chi connectivity index (χ0) is 9.73. The van der Waals surface area contributed by atoms with Gasteiger partial charge in [-0.15, -0.1) is 35.3 Å². The van der Waals surface area contributed by atoms with Crippen molar-refractivity contribution in [3.8, 4) is 0 Å². The zero-order valence-electron chi connectivity index (χ0n) is 7.91. The van der Waals surface area contributed by atoms with Crippen LogP contribution in [0, 0.1) is 0 Å². The zero-order valence-corrected chi connectivity index (χ0v) is 10.4. The quantitative estimate of drug-likeness (QED) is 0.551. The van der Waals surface area contributed by atoms with Crippen molar-refractivity contribution in [2.24, 2.45) is 0 Å². The Hall–Kier alpha value is 0.460. The topological polar surface area (TPSA) is 17.1 Å². The number of rotatable bonds is 3. The van der Waals surface area contributed by atoms with Crippen molar-refractivity contribution in [1.29, 1.82) is 0 Å². The maximum absolute atomic E-state index is 10.5. The number of carbonyl (C=O) groups excluding carboxylic acids is 1. The number of hydrogen-bond donors (Lipinski definition) is 0. The van der Waals surface area contributed by atoms with E-state index in [1.807, 2.05) is 42.2 Å². The molecule has 0 spiro atoms. The van der Waals surface area contributed by atoms with Gasteiger partial charge in [0.2, 0.25) is 0 Å². The van der Waals surface area contributed by atoms with Crippen LogP contribution in [0.15, 0.2) is 11.6 Å². The van der Waals surface area contributed by atoms with Gasteiger partial charge in [0.1, 0.15) is 9.70 Å². The second kappa shape index (κ2) is 5.37. The second-order valence-electron chi connectivity index (χ2n) is 2.86. The first-order valence-corrected chi connectivity index (χ1v) is 7.40. The van der Waals surface area contributed by atoms with Crippen molar-refractivity contribution < 1.29 is 4.79 Å². The molecule has 1 nitrogen and oxygen atoms in total.